The Morgan fingerprint density at radius 1 is 0.939 bits per heavy atom. The van der Waals surface area contributed by atoms with Gasteiger partial charge in [0.15, 0.2) is 0 Å². The van der Waals surface area contributed by atoms with Gasteiger partial charge < -0.3 is 14.4 Å². The van der Waals surface area contributed by atoms with Gasteiger partial charge in [-0.3, -0.25) is 9.69 Å². The highest BCUT2D eigenvalue weighted by Gasteiger charge is 2.23. The van der Waals surface area contributed by atoms with Crippen molar-refractivity contribution >= 4 is 17.2 Å². The first-order valence-electron chi connectivity index (χ1n) is 11.4. The molecule has 0 radical (unpaired) electrons. The lowest BCUT2D eigenvalue weighted by atomic mass is 10.1. The van der Waals surface area contributed by atoms with Crippen molar-refractivity contribution in [2.24, 2.45) is 0 Å². The number of ether oxygens (including phenoxy) is 2. The van der Waals surface area contributed by atoms with E-state index >= 15 is 0 Å². The molecule has 0 unspecified atom stereocenters. The van der Waals surface area contributed by atoms with Gasteiger partial charge in [-0.2, -0.15) is 0 Å². The van der Waals surface area contributed by atoms with Crippen LogP contribution in [0.15, 0.2) is 47.8 Å². The van der Waals surface area contributed by atoms with Gasteiger partial charge in [0.1, 0.15) is 18.1 Å². The molecule has 2 aromatic carbocycles. The first-order chi connectivity index (χ1) is 15.9. The molecule has 5 nitrogen and oxygen atoms in total. The van der Waals surface area contributed by atoms with E-state index in [1.54, 1.807) is 7.11 Å². The van der Waals surface area contributed by atoms with Crippen molar-refractivity contribution in [2.45, 2.75) is 33.9 Å². The zero-order chi connectivity index (χ0) is 23.4. The Labute approximate surface area is 200 Å². The zero-order valence-electron chi connectivity index (χ0n) is 19.9. The average molecular weight is 465 g/mol. The molecule has 0 saturated carbocycles. The molecule has 1 aliphatic rings. The molecule has 174 valence electrons. The molecule has 6 heteroatoms. The number of nitrogens with zero attached hydrogens (tertiary/aromatic N) is 2. The fraction of sp³-hybridized carbons (Fsp3) is 0.370. The summed E-state index contributed by atoms with van der Waals surface area (Å²) in [6.07, 6.45) is 0. The average Bonchev–Trinajstić information content (AvgIpc) is 3.28. The second-order valence-corrected chi connectivity index (χ2v) is 9.66. The van der Waals surface area contributed by atoms with Crippen LogP contribution in [0.1, 0.15) is 37.5 Å². The zero-order valence-corrected chi connectivity index (χ0v) is 20.7. The van der Waals surface area contributed by atoms with Crippen LogP contribution in [0, 0.1) is 20.8 Å². The molecule has 1 aromatic heterocycles. The highest BCUT2D eigenvalue weighted by molar-refractivity contribution is 7.12. The Bertz CT molecular complexity index is 1080. The fourth-order valence-electron chi connectivity index (χ4n) is 4.37. The number of piperazine rings is 1. The fourth-order valence-corrected chi connectivity index (χ4v) is 5.23. The molecule has 3 aromatic rings. The summed E-state index contributed by atoms with van der Waals surface area (Å²) in [5.74, 6) is 1.93. The van der Waals surface area contributed by atoms with Crippen LogP contribution in [-0.2, 0) is 13.2 Å². The van der Waals surface area contributed by atoms with E-state index in [1.165, 1.54) is 22.5 Å². The number of carbonyl (C=O) groups is 1. The molecule has 0 atom stereocenters. The van der Waals surface area contributed by atoms with Gasteiger partial charge in [0.25, 0.3) is 5.91 Å². The predicted molar refractivity (Wildman–Crippen MR) is 133 cm³/mol. The summed E-state index contributed by atoms with van der Waals surface area (Å²) in [6, 6.07) is 14.5. The number of benzene rings is 2. The molecule has 2 heterocycles. The summed E-state index contributed by atoms with van der Waals surface area (Å²) < 4.78 is 11.3. The molecule has 1 amide bonds. The lowest BCUT2D eigenvalue weighted by Crippen LogP contribution is -2.48. The number of methoxy groups -OCH3 is 1. The van der Waals surface area contributed by atoms with Crippen LogP contribution < -0.4 is 9.47 Å². The van der Waals surface area contributed by atoms with Crippen LogP contribution in [0.5, 0.6) is 11.5 Å². The van der Waals surface area contributed by atoms with Gasteiger partial charge in [0.05, 0.1) is 12.0 Å². The maximum absolute atomic E-state index is 13.0. The molecule has 33 heavy (non-hydrogen) atoms. The lowest BCUT2D eigenvalue weighted by molar-refractivity contribution is 0.0633. The first-order valence-corrected chi connectivity index (χ1v) is 12.2. The summed E-state index contributed by atoms with van der Waals surface area (Å²) in [5, 5.41) is 2.03. The Morgan fingerprint density at radius 3 is 2.24 bits per heavy atom. The minimum atomic E-state index is 0.123. The van der Waals surface area contributed by atoms with Gasteiger partial charge in [-0.1, -0.05) is 29.8 Å². The van der Waals surface area contributed by atoms with Gasteiger partial charge in [-0.05, 0) is 61.0 Å². The van der Waals surface area contributed by atoms with Gasteiger partial charge in [-0.25, -0.2) is 0 Å². The molecule has 0 bridgehead atoms. The molecule has 0 aliphatic carbocycles. The number of hydrogen-bond donors (Lipinski definition) is 0. The third-order valence-electron chi connectivity index (χ3n) is 6.08. The number of amides is 1. The van der Waals surface area contributed by atoms with Crippen LogP contribution in [0.4, 0.5) is 0 Å². The number of thiophene rings is 1. The Balaban J connectivity index is 1.29. The molecular formula is C27H32N2O3S. The van der Waals surface area contributed by atoms with E-state index in [0.29, 0.717) is 6.61 Å². The van der Waals surface area contributed by atoms with Crippen molar-refractivity contribution in [3.8, 4) is 11.5 Å². The van der Waals surface area contributed by atoms with E-state index in [1.807, 2.05) is 28.5 Å². The number of hydrogen-bond acceptors (Lipinski definition) is 5. The van der Waals surface area contributed by atoms with Gasteiger partial charge >= 0.3 is 0 Å². The minimum Gasteiger partial charge on any atom is -0.497 e. The number of rotatable bonds is 7. The molecule has 1 aliphatic heterocycles. The van der Waals surface area contributed by atoms with E-state index < -0.39 is 0 Å². The summed E-state index contributed by atoms with van der Waals surface area (Å²) in [7, 11) is 1.68. The normalized spacial score (nSPS) is 14.4. The third-order valence-corrected chi connectivity index (χ3v) is 7.04. The first kappa shape index (κ1) is 23.3. The largest absolute Gasteiger partial charge is 0.497 e. The van der Waals surface area contributed by atoms with Crippen molar-refractivity contribution in [3.05, 3.63) is 80.5 Å². The lowest BCUT2D eigenvalue weighted by Gasteiger charge is -2.34. The van der Waals surface area contributed by atoms with Crippen LogP contribution in [-0.4, -0.2) is 49.0 Å². The molecular weight excluding hydrogens is 432 g/mol. The smallest absolute Gasteiger partial charge is 0.264 e. The van der Waals surface area contributed by atoms with Crippen molar-refractivity contribution in [3.63, 3.8) is 0 Å². The summed E-state index contributed by atoms with van der Waals surface area (Å²) in [6.45, 7) is 10.9. The quantitative estimate of drug-likeness (QED) is 0.481. The van der Waals surface area contributed by atoms with Crippen LogP contribution in [0.25, 0.3) is 0 Å². The van der Waals surface area contributed by atoms with Gasteiger partial charge in [-0.15, -0.1) is 11.3 Å². The van der Waals surface area contributed by atoms with Crippen LogP contribution >= 0.6 is 11.3 Å². The standard InChI is InChI=1S/C27H32N2O3S/c1-19-13-20(2)26(21(3)14-19)32-17-23-15-25(33-18-23)27(30)29-11-9-28(10-12-29)16-22-5-7-24(31-4)8-6-22/h5-8,13-15,18H,9-12,16-17H2,1-4H3. The maximum atomic E-state index is 13.0. The molecule has 0 N–H and O–H groups in total. The Hall–Kier alpha value is -2.83. The maximum Gasteiger partial charge on any atom is 0.264 e. The second-order valence-electron chi connectivity index (χ2n) is 8.75. The van der Waals surface area contributed by atoms with E-state index in [-0.39, 0.29) is 5.91 Å². The minimum absolute atomic E-state index is 0.123. The van der Waals surface area contributed by atoms with Crippen LogP contribution in [0.2, 0.25) is 0 Å². The van der Waals surface area contributed by atoms with Crippen molar-refractivity contribution in [2.75, 3.05) is 33.3 Å². The highest BCUT2D eigenvalue weighted by atomic mass is 32.1. The highest BCUT2D eigenvalue weighted by Crippen LogP contribution is 2.26. The molecule has 4 rings (SSSR count). The topological polar surface area (TPSA) is 42.0 Å². The van der Waals surface area contributed by atoms with Gasteiger partial charge in [0.2, 0.25) is 0 Å². The second kappa shape index (κ2) is 10.4. The summed E-state index contributed by atoms with van der Waals surface area (Å²) >= 11 is 1.51. The number of carbonyl (C=O) groups excluding carboxylic acids is 1. The van der Waals surface area contributed by atoms with E-state index in [0.717, 1.165) is 65.8 Å². The predicted octanol–water partition coefficient (Wildman–Crippen LogP) is 5.22. The molecule has 1 fully saturated rings. The van der Waals surface area contributed by atoms with Crippen molar-refractivity contribution in [1.82, 2.24) is 9.80 Å². The Kier molecular flexibility index (Phi) is 7.36. The van der Waals surface area contributed by atoms with Crippen molar-refractivity contribution < 1.29 is 14.3 Å². The SMILES string of the molecule is COc1ccc(CN2CCN(C(=O)c3cc(COc4c(C)cc(C)cc4C)cs3)CC2)cc1. The Morgan fingerprint density at radius 2 is 1.61 bits per heavy atom. The van der Waals surface area contributed by atoms with Gasteiger partial charge in [0, 0.05) is 38.3 Å². The van der Waals surface area contributed by atoms with Crippen molar-refractivity contribution in [1.29, 1.82) is 0 Å². The number of aryl methyl sites for hydroxylation is 3. The van der Waals surface area contributed by atoms with E-state index in [4.69, 9.17) is 9.47 Å². The monoisotopic (exact) mass is 464 g/mol. The summed E-state index contributed by atoms with van der Waals surface area (Å²) in [4.78, 5) is 18.2. The molecule has 0 spiro atoms. The molecule has 1 saturated heterocycles. The van der Waals surface area contributed by atoms with Crippen LogP contribution in [0.3, 0.4) is 0 Å². The third kappa shape index (κ3) is 5.75. The van der Waals surface area contributed by atoms with E-state index in [2.05, 4.69) is 49.9 Å². The van der Waals surface area contributed by atoms with E-state index in [9.17, 15) is 4.79 Å². The summed E-state index contributed by atoms with van der Waals surface area (Å²) in [5.41, 5.74) is 5.83.